The molecule has 0 bridgehead atoms. The molecule has 2 rings (SSSR count). The van der Waals surface area contributed by atoms with E-state index in [1.54, 1.807) is 0 Å². The molecule has 1 aliphatic rings. The molecule has 1 atom stereocenters. The molecule has 1 aliphatic heterocycles. The van der Waals surface area contributed by atoms with Crippen molar-refractivity contribution in [3.05, 3.63) is 36.2 Å². The van der Waals surface area contributed by atoms with E-state index in [9.17, 15) is 0 Å². The van der Waals surface area contributed by atoms with Crippen LogP contribution in [-0.4, -0.2) is 19.7 Å². The molecule has 15 heavy (non-hydrogen) atoms. The monoisotopic (exact) mass is 204 g/mol. The molecule has 2 heteroatoms. The lowest BCUT2D eigenvalue weighted by atomic mass is 9.90. The van der Waals surface area contributed by atoms with E-state index in [2.05, 4.69) is 36.0 Å². The summed E-state index contributed by atoms with van der Waals surface area (Å²) in [6, 6.07) is 8.48. The van der Waals surface area contributed by atoms with Crippen molar-refractivity contribution in [3.63, 3.8) is 0 Å². The smallest absolute Gasteiger partial charge is 0.119 e. The lowest BCUT2D eigenvalue weighted by Gasteiger charge is -2.22. The normalized spacial score (nSPS) is 17.7. The van der Waals surface area contributed by atoms with Gasteiger partial charge in [-0.1, -0.05) is 12.1 Å². The molecule has 0 aromatic heterocycles. The topological polar surface area (TPSA) is 21.3 Å². The lowest BCUT2D eigenvalue weighted by molar-refractivity contribution is 0.340. The quantitative estimate of drug-likeness (QED) is 0.816. The van der Waals surface area contributed by atoms with Crippen molar-refractivity contribution in [2.45, 2.75) is 19.3 Å². The van der Waals surface area contributed by atoms with Gasteiger partial charge in [0.25, 0.3) is 0 Å². The first-order valence-corrected chi connectivity index (χ1v) is 5.67. The number of ether oxygens (including phenoxy) is 1. The van der Waals surface area contributed by atoms with E-state index in [0.29, 0.717) is 5.92 Å². The fourth-order valence-corrected chi connectivity index (χ4v) is 1.98. The highest BCUT2D eigenvalue weighted by molar-refractivity contribution is 5.31. The molecule has 81 valence electrons. The Hall–Kier alpha value is -1.02. The first-order chi connectivity index (χ1) is 7.40. The molecule has 1 N–H and O–H groups in total. The fourth-order valence-electron chi connectivity index (χ4n) is 1.98. The predicted octanol–water partition coefficient (Wildman–Crippen LogP) is 2.37. The lowest BCUT2D eigenvalue weighted by Crippen LogP contribution is -2.27. The minimum absolute atomic E-state index is 0.613. The van der Waals surface area contributed by atoms with Crippen LogP contribution in [0.2, 0.25) is 0 Å². The van der Waals surface area contributed by atoms with Crippen molar-refractivity contribution in [3.8, 4) is 5.75 Å². The average Bonchev–Trinajstić information content (AvgIpc) is 2.32. The number of hydrogen-bond donors (Lipinski definition) is 1. The Morgan fingerprint density at radius 2 is 2.13 bits per heavy atom. The van der Waals surface area contributed by atoms with Crippen LogP contribution in [0, 0.1) is 6.42 Å². The Labute approximate surface area is 91.6 Å². The zero-order valence-electron chi connectivity index (χ0n) is 9.20. The van der Waals surface area contributed by atoms with Gasteiger partial charge in [-0.2, -0.15) is 0 Å². The molecule has 0 spiro atoms. The standard InChI is InChI=1S/C13H18NO/c1-2-15-13-5-3-11(4-6-13)12-7-9-14-10-8-12/h3-7,12,14H,2,8-10H2,1H3. The van der Waals surface area contributed by atoms with Crippen LogP contribution in [0.15, 0.2) is 24.3 Å². The van der Waals surface area contributed by atoms with Gasteiger partial charge in [0.2, 0.25) is 0 Å². The second-order valence-corrected chi connectivity index (χ2v) is 3.84. The predicted molar refractivity (Wildman–Crippen MR) is 62.1 cm³/mol. The van der Waals surface area contributed by atoms with Gasteiger partial charge in [0.05, 0.1) is 6.61 Å². The molecule has 1 fully saturated rings. The van der Waals surface area contributed by atoms with Crippen LogP contribution in [0.5, 0.6) is 5.75 Å². The highest BCUT2D eigenvalue weighted by atomic mass is 16.5. The van der Waals surface area contributed by atoms with Gasteiger partial charge in [-0.25, -0.2) is 0 Å². The molecule has 0 saturated carbocycles. The maximum Gasteiger partial charge on any atom is 0.119 e. The fraction of sp³-hybridized carbons (Fsp3) is 0.462. The molecule has 2 nitrogen and oxygen atoms in total. The molecule has 1 aromatic rings. The molecule has 1 saturated heterocycles. The molecular formula is C13H18NO. The van der Waals surface area contributed by atoms with E-state index < -0.39 is 0 Å². The summed E-state index contributed by atoms with van der Waals surface area (Å²) in [5, 5.41) is 3.34. The zero-order chi connectivity index (χ0) is 10.5. The van der Waals surface area contributed by atoms with Crippen molar-refractivity contribution >= 4 is 0 Å². The van der Waals surface area contributed by atoms with E-state index in [1.807, 2.05) is 6.92 Å². The van der Waals surface area contributed by atoms with Gasteiger partial charge < -0.3 is 10.1 Å². The van der Waals surface area contributed by atoms with Crippen molar-refractivity contribution in [1.29, 1.82) is 0 Å². The molecule has 1 unspecified atom stereocenters. The second-order valence-electron chi connectivity index (χ2n) is 3.84. The van der Waals surface area contributed by atoms with Crippen molar-refractivity contribution in [1.82, 2.24) is 5.32 Å². The van der Waals surface area contributed by atoms with E-state index >= 15 is 0 Å². The van der Waals surface area contributed by atoms with E-state index in [-0.39, 0.29) is 0 Å². The Morgan fingerprint density at radius 3 is 2.73 bits per heavy atom. The summed E-state index contributed by atoms with van der Waals surface area (Å²) in [5.74, 6) is 1.58. The van der Waals surface area contributed by atoms with Crippen molar-refractivity contribution in [2.75, 3.05) is 19.7 Å². The number of piperidine rings is 1. The number of nitrogens with one attached hydrogen (secondary N) is 1. The molecular weight excluding hydrogens is 186 g/mol. The summed E-state index contributed by atoms with van der Waals surface area (Å²) >= 11 is 0. The van der Waals surface area contributed by atoms with Gasteiger partial charge in [0.15, 0.2) is 0 Å². The van der Waals surface area contributed by atoms with Crippen molar-refractivity contribution in [2.24, 2.45) is 0 Å². The van der Waals surface area contributed by atoms with Crippen LogP contribution < -0.4 is 10.1 Å². The Bertz CT molecular complexity index is 288. The number of hydrogen-bond acceptors (Lipinski definition) is 2. The Morgan fingerprint density at radius 1 is 1.33 bits per heavy atom. The highest BCUT2D eigenvalue weighted by Crippen LogP contribution is 2.25. The first kappa shape index (κ1) is 10.5. The summed E-state index contributed by atoms with van der Waals surface area (Å²) in [7, 11) is 0. The summed E-state index contributed by atoms with van der Waals surface area (Å²) in [6.45, 7) is 4.89. The molecule has 1 radical (unpaired) electrons. The maximum absolute atomic E-state index is 5.43. The summed E-state index contributed by atoms with van der Waals surface area (Å²) in [5.41, 5.74) is 1.40. The van der Waals surface area contributed by atoms with Crippen LogP contribution in [0.25, 0.3) is 0 Å². The van der Waals surface area contributed by atoms with Gasteiger partial charge >= 0.3 is 0 Å². The first-order valence-electron chi connectivity index (χ1n) is 5.67. The van der Waals surface area contributed by atoms with E-state index in [0.717, 1.165) is 25.4 Å². The third kappa shape index (κ3) is 2.72. The third-order valence-electron chi connectivity index (χ3n) is 2.80. The summed E-state index contributed by atoms with van der Waals surface area (Å²) in [4.78, 5) is 0. The second kappa shape index (κ2) is 5.17. The molecule has 0 aliphatic carbocycles. The van der Waals surface area contributed by atoms with Gasteiger partial charge in [0, 0.05) is 0 Å². The van der Waals surface area contributed by atoms with Crippen LogP contribution >= 0.6 is 0 Å². The molecule has 1 heterocycles. The van der Waals surface area contributed by atoms with Crippen LogP contribution in [0.1, 0.15) is 24.8 Å². The third-order valence-corrected chi connectivity index (χ3v) is 2.80. The van der Waals surface area contributed by atoms with E-state index in [4.69, 9.17) is 4.74 Å². The molecule has 0 amide bonds. The average molecular weight is 204 g/mol. The number of benzene rings is 1. The summed E-state index contributed by atoms with van der Waals surface area (Å²) in [6.07, 6.45) is 3.55. The maximum atomic E-state index is 5.43. The minimum atomic E-state index is 0.613. The Kier molecular flexibility index (Phi) is 3.62. The van der Waals surface area contributed by atoms with Gasteiger partial charge in [-0.05, 0) is 56.5 Å². The van der Waals surface area contributed by atoms with Gasteiger partial charge in [-0.3, -0.25) is 0 Å². The van der Waals surface area contributed by atoms with E-state index in [1.165, 1.54) is 12.0 Å². The SMILES string of the molecule is CCOc1ccc(C2[CH]CNCC2)cc1. The largest absolute Gasteiger partial charge is 0.494 e. The number of rotatable bonds is 3. The Balaban J connectivity index is 2.02. The highest BCUT2D eigenvalue weighted by Gasteiger charge is 2.14. The van der Waals surface area contributed by atoms with Gasteiger partial charge in [-0.15, -0.1) is 0 Å². The van der Waals surface area contributed by atoms with Crippen molar-refractivity contribution < 1.29 is 4.74 Å². The summed E-state index contributed by atoms with van der Waals surface area (Å²) < 4.78 is 5.43. The van der Waals surface area contributed by atoms with Gasteiger partial charge in [0.1, 0.15) is 5.75 Å². The van der Waals surface area contributed by atoms with Crippen LogP contribution in [0.3, 0.4) is 0 Å². The zero-order valence-corrected chi connectivity index (χ0v) is 9.20. The molecule has 1 aromatic carbocycles. The van der Waals surface area contributed by atoms with Crippen LogP contribution in [-0.2, 0) is 0 Å². The minimum Gasteiger partial charge on any atom is -0.494 e. The van der Waals surface area contributed by atoms with Crippen LogP contribution in [0.4, 0.5) is 0 Å².